The second-order valence-electron chi connectivity index (χ2n) is 5.68. The van der Waals surface area contributed by atoms with Gasteiger partial charge in [0.2, 0.25) is 10.0 Å². The second kappa shape index (κ2) is 7.24. The summed E-state index contributed by atoms with van der Waals surface area (Å²) in [6, 6.07) is 3.49. The van der Waals surface area contributed by atoms with E-state index in [9.17, 15) is 8.42 Å². The van der Waals surface area contributed by atoms with E-state index < -0.39 is 10.0 Å². The van der Waals surface area contributed by atoms with Gasteiger partial charge in [0.15, 0.2) is 0 Å². The molecular formula is C15H26N2O3S. The van der Waals surface area contributed by atoms with E-state index in [1.165, 1.54) is 4.31 Å². The molecule has 0 unspecified atom stereocenters. The maximum absolute atomic E-state index is 13.0. The lowest BCUT2D eigenvalue weighted by atomic mass is 10.1. The van der Waals surface area contributed by atoms with Gasteiger partial charge in [-0.1, -0.05) is 19.9 Å². The number of rotatable bonds is 7. The average Bonchev–Trinajstić information content (AvgIpc) is 2.38. The number of methoxy groups -OCH3 is 1. The highest BCUT2D eigenvalue weighted by atomic mass is 32.2. The van der Waals surface area contributed by atoms with Crippen LogP contribution in [-0.2, 0) is 14.8 Å². The van der Waals surface area contributed by atoms with Crippen LogP contribution in [0.3, 0.4) is 0 Å². The fourth-order valence-electron chi connectivity index (χ4n) is 2.19. The largest absolute Gasteiger partial charge is 0.398 e. The maximum atomic E-state index is 13.0. The molecule has 0 bridgehead atoms. The van der Waals surface area contributed by atoms with Crippen molar-refractivity contribution in [2.75, 3.05) is 32.5 Å². The van der Waals surface area contributed by atoms with Gasteiger partial charge in [-0.3, -0.25) is 0 Å². The number of hydrogen-bond acceptors (Lipinski definition) is 4. The standard InChI is InChI=1S/C15H26N2O3S/c1-11(2)10-17(8-9-20-5)21(18,19)15-13(4)12(3)6-7-14(15)16/h6-7,11H,8-10,16H2,1-5H3. The summed E-state index contributed by atoms with van der Waals surface area (Å²) in [7, 11) is -2.06. The Bertz CT molecular complexity index is 583. The van der Waals surface area contributed by atoms with E-state index in [2.05, 4.69) is 0 Å². The van der Waals surface area contributed by atoms with Gasteiger partial charge in [0.1, 0.15) is 4.90 Å². The molecule has 5 nitrogen and oxygen atoms in total. The Balaban J connectivity index is 3.31. The van der Waals surface area contributed by atoms with Gasteiger partial charge in [-0.25, -0.2) is 8.42 Å². The Labute approximate surface area is 128 Å². The second-order valence-corrected chi connectivity index (χ2v) is 7.55. The minimum atomic E-state index is -3.62. The molecular weight excluding hydrogens is 288 g/mol. The molecule has 1 aromatic carbocycles. The van der Waals surface area contributed by atoms with Crippen LogP contribution in [0.25, 0.3) is 0 Å². The first-order chi connectivity index (χ1) is 9.71. The number of hydrogen-bond donors (Lipinski definition) is 1. The lowest BCUT2D eigenvalue weighted by Gasteiger charge is -2.25. The third-order valence-corrected chi connectivity index (χ3v) is 5.49. The first-order valence-electron chi connectivity index (χ1n) is 7.06. The molecule has 0 aliphatic carbocycles. The molecule has 2 N–H and O–H groups in total. The van der Waals surface area contributed by atoms with Crippen LogP contribution in [0.2, 0.25) is 0 Å². The van der Waals surface area contributed by atoms with Crippen LogP contribution in [0.1, 0.15) is 25.0 Å². The van der Waals surface area contributed by atoms with Gasteiger partial charge < -0.3 is 10.5 Å². The van der Waals surface area contributed by atoms with Crippen LogP contribution in [0, 0.1) is 19.8 Å². The third-order valence-electron chi connectivity index (χ3n) is 3.42. The van der Waals surface area contributed by atoms with Crippen LogP contribution < -0.4 is 5.73 Å². The van der Waals surface area contributed by atoms with Crippen molar-refractivity contribution in [2.24, 2.45) is 5.92 Å². The zero-order valence-corrected chi connectivity index (χ0v) is 14.3. The summed E-state index contributed by atoms with van der Waals surface area (Å²) in [5.41, 5.74) is 7.86. The molecule has 0 aromatic heterocycles. The quantitative estimate of drug-likeness (QED) is 0.783. The summed E-state index contributed by atoms with van der Waals surface area (Å²) in [6.07, 6.45) is 0. The predicted octanol–water partition coefficient (Wildman–Crippen LogP) is 2.18. The lowest BCUT2D eigenvalue weighted by molar-refractivity contribution is 0.175. The van der Waals surface area contributed by atoms with Crippen LogP contribution in [0.15, 0.2) is 17.0 Å². The van der Waals surface area contributed by atoms with E-state index in [1.807, 2.05) is 26.8 Å². The van der Waals surface area contributed by atoms with Crippen LogP contribution >= 0.6 is 0 Å². The highest BCUT2D eigenvalue weighted by molar-refractivity contribution is 7.89. The van der Waals surface area contributed by atoms with E-state index in [0.717, 1.165) is 5.56 Å². The van der Waals surface area contributed by atoms with Crippen molar-refractivity contribution >= 4 is 15.7 Å². The monoisotopic (exact) mass is 314 g/mol. The molecule has 21 heavy (non-hydrogen) atoms. The number of nitrogens with zero attached hydrogens (tertiary/aromatic N) is 1. The molecule has 0 aliphatic heterocycles. The Morgan fingerprint density at radius 1 is 1.29 bits per heavy atom. The van der Waals surface area contributed by atoms with Gasteiger partial charge in [0.05, 0.1) is 12.3 Å². The molecule has 0 amide bonds. The van der Waals surface area contributed by atoms with Gasteiger partial charge in [-0.05, 0) is 37.0 Å². The van der Waals surface area contributed by atoms with Crippen molar-refractivity contribution in [3.05, 3.63) is 23.3 Å². The average molecular weight is 314 g/mol. The number of sulfonamides is 1. The number of aryl methyl sites for hydroxylation is 1. The van der Waals surface area contributed by atoms with E-state index in [0.29, 0.717) is 30.9 Å². The van der Waals surface area contributed by atoms with Crippen LogP contribution in [-0.4, -0.2) is 39.5 Å². The van der Waals surface area contributed by atoms with Crippen LogP contribution in [0.4, 0.5) is 5.69 Å². The number of benzene rings is 1. The summed E-state index contributed by atoms with van der Waals surface area (Å²) in [5, 5.41) is 0. The minimum absolute atomic E-state index is 0.222. The Morgan fingerprint density at radius 2 is 1.90 bits per heavy atom. The Kier molecular flexibility index (Phi) is 6.19. The highest BCUT2D eigenvalue weighted by Gasteiger charge is 2.29. The first kappa shape index (κ1) is 17.9. The molecule has 0 saturated heterocycles. The number of ether oxygens (including phenoxy) is 1. The third kappa shape index (κ3) is 4.18. The molecule has 6 heteroatoms. The minimum Gasteiger partial charge on any atom is -0.398 e. The summed E-state index contributed by atoms with van der Waals surface area (Å²) in [6.45, 7) is 8.78. The van der Waals surface area contributed by atoms with Crippen molar-refractivity contribution in [3.63, 3.8) is 0 Å². The molecule has 1 rings (SSSR count). The summed E-state index contributed by atoms with van der Waals surface area (Å²) in [5.74, 6) is 0.225. The van der Waals surface area contributed by atoms with Crippen LogP contribution in [0.5, 0.6) is 0 Å². The van der Waals surface area contributed by atoms with Gasteiger partial charge in [0.25, 0.3) is 0 Å². The topological polar surface area (TPSA) is 72.6 Å². The van der Waals surface area contributed by atoms with E-state index in [-0.39, 0.29) is 10.8 Å². The maximum Gasteiger partial charge on any atom is 0.245 e. The zero-order chi connectivity index (χ0) is 16.2. The summed E-state index contributed by atoms with van der Waals surface area (Å²) in [4.78, 5) is 0.222. The Hall–Kier alpha value is -1.11. The van der Waals surface area contributed by atoms with E-state index >= 15 is 0 Å². The molecule has 0 radical (unpaired) electrons. The smallest absolute Gasteiger partial charge is 0.245 e. The van der Waals surface area contributed by atoms with E-state index in [4.69, 9.17) is 10.5 Å². The van der Waals surface area contributed by atoms with Gasteiger partial charge in [-0.15, -0.1) is 0 Å². The molecule has 0 heterocycles. The highest BCUT2D eigenvalue weighted by Crippen LogP contribution is 2.28. The Morgan fingerprint density at radius 3 is 2.43 bits per heavy atom. The molecule has 0 saturated carbocycles. The van der Waals surface area contributed by atoms with Crippen molar-refractivity contribution in [3.8, 4) is 0 Å². The lowest BCUT2D eigenvalue weighted by Crippen LogP contribution is -2.37. The fraction of sp³-hybridized carbons (Fsp3) is 0.600. The van der Waals surface area contributed by atoms with Gasteiger partial charge in [0, 0.05) is 20.2 Å². The van der Waals surface area contributed by atoms with Gasteiger partial charge >= 0.3 is 0 Å². The van der Waals surface area contributed by atoms with Crippen molar-refractivity contribution in [2.45, 2.75) is 32.6 Å². The van der Waals surface area contributed by atoms with Crippen molar-refractivity contribution < 1.29 is 13.2 Å². The SMILES string of the molecule is COCCN(CC(C)C)S(=O)(=O)c1c(N)ccc(C)c1C. The molecule has 0 aliphatic rings. The van der Waals surface area contributed by atoms with E-state index in [1.54, 1.807) is 20.1 Å². The molecule has 1 aromatic rings. The first-order valence-corrected chi connectivity index (χ1v) is 8.50. The zero-order valence-electron chi connectivity index (χ0n) is 13.5. The van der Waals surface area contributed by atoms with Crippen molar-refractivity contribution in [1.82, 2.24) is 4.31 Å². The van der Waals surface area contributed by atoms with Gasteiger partial charge in [-0.2, -0.15) is 4.31 Å². The number of anilines is 1. The summed E-state index contributed by atoms with van der Waals surface area (Å²) < 4.78 is 32.4. The fourth-order valence-corrected chi connectivity index (χ4v) is 4.17. The molecule has 0 atom stereocenters. The van der Waals surface area contributed by atoms with Crippen molar-refractivity contribution in [1.29, 1.82) is 0 Å². The molecule has 0 fully saturated rings. The summed E-state index contributed by atoms with van der Waals surface area (Å²) >= 11 is 0. The molecule has 0 spiro atoms. The predicted molar refractivity (Wildman–Crippen MR) is 85.8 cm³/mol. The normalized spacial score (nSPS) is 12.3. The molecule has 120 valence electrons. The number of nitrogens with two attached hydrogens (primary N) is 1. The number of nitrogen functional groups attached to an aromatic ring is 1.